The normalized spacial score (nSPS) is 21.2. The van der Waals surface area contributed by atoms with E-state index in [0.717, 1.165) is 72.9 Å². The van der Waals surface area contributed by atoms with Gasteiger partial charge in [-0.05, 0) is 100 Å². The molecule has 0 spiro atoms. The van der Waals surface area contributed by atoms with Crippen LogP contribution in [0.25, 0.3) is 0 Å². The molecule has 3 aromatic rings. The summed E-state index contributed by atoms with van der Waals surface area (Å²) in [4.78, 5) is 3.80. The zero-order valence-electron chi connectivity index (χ0n) is 28.9. The number of aliphatic hydroxyl groups excluding tert-OH is 2. The second kappa shape index (κ2) is 17.0. The van der Waals surface area contributed by atoms with Gasteiger partial charge in [-0.15, -0.1) is 0 Å². The van der Waals surface area contributed by atoms with E-state index in [9.17, 15) is 15.3 Å². The van der Waals surface area contributed by atoms with Crippen molar-refractivity contribution in [2.24, 2.45) is 11.8 Å². The SMILES string of the molecule is CCCCc1oc(CCc2ccc(O)c(OC[C@H](NC)c3cc4c([nH]3)CC[C@H]3CCC[C@@H]3[C@@H]4[C@H](CNC)NC[C@H](C)O)c2)cc1CO. The number of H-pyrrole nitrogens is 1. The van der Waals surface area contributed by atoms with Crippen LogP contribution in [0.2, 0.25) is 0 Å². The van der Waals surface area contributed by atoms with Gasteiger partial charge in [0.05, 0.1) is 18.8 Å². The van der Waals surface area contributed by atoms with Crippen molar-refractivity contribution >= 4 is 0 Å². The fraction of sp³-hybridized carbons (Fsp3) is 0.632. The zero-order chi connectivity index (χ0) is 33.3. The summed E-state index contributed by atoms with van der Waals surface area (Å²) in [5, 5.41) is 41.1. The lowest BCUT2D eigenvalue weighted by Gasteiger charge is -2.35. The summed E-state index contributed by atoms with van der Waals surface area (Å²) in [6, 6.07) is 10.0. The van der Waals surface area contributed by atoms with Crippen LogP contribution in [0.3, 0.4) is 0 Å². The van der Waals surface area contributed by atoms with Crippen molar-refractivity contribution in [1.29, 1.82) is 0 Å². The second-order valence-electron chi connectivity index (χ2n) is 13.9. The van der Waals surface area contributed by atoms with Crippen LogP contribution in [-0.2, 0) is 32.3 Å². The number of benzene rings is 1. The molecule has 0 bridgehead atoms. The highest BCUT2D eigenvalue weighted by molar-refractivity contribution is 5.42. The number of aromatic nitrogens is 1. The summed E-state index contributed by atoms with van der Waals surface area (Å²) in [5.74, 6) is 4.09. The van der Waals surface area contributed by atoms with Gasteiger partial charge < -0.3 is 45.4 Å². The number of likely N-dealkylation sites (N-methyl/N-ethyl adjacent to an activating group) is 2. The monoisotopic (exact) mass is 650 g/mol. The van der Waals surface area contributed by atoms with E-state index in [1.807, 2.05) is 39.2 Å². The van der Waals surface area contributed by atoms with Gasteiger partial charge in [0.2, 0.25) is 0 Å². The minimum atomic E-state index is -0.394. The molecule has 9 heteroatoms. The predicted octanol–water partition coefficient (Wildman–Crippen LogP) is 5.28. The first-order chi connectivity index (χ1) is 22.8. The smallest absolute Gasteiger partial charge is 0.161 e. The highest BCUT2D eigenvalue weighted by Gasteiger charge is 2.42. The molecule has 6 atom stereocenters. The van der Waals surface area contributed by atoms with Crippen LogP contribution < -0.4 is 20.7 Å². The molecule has 2 heterocycles. The molecule has 5 rings (SSSR count). The van der Waals surface area contributed by atoms with Crippen molar-refractivity contribution in [3.8, 4) is 11.5 Å². The minimum Gasteiger partial charge on any atom is -0.504 e. The van der Waals surface area contributed by atoms with Gasteiger partial charge in [-0.3, -0.25) is 0 Å². The number of unbranched alkanes of at least 4 members (excludes halogenated alkanes) is 1. The van der Waals surface area contributed by atoms with E-state index in [0.29, 0.717) is 37.2 Å². The van der Waals surface area contributed by atoms with Crippen molar-refractivity contribution in [1.82, 2.24) is 20.9 Å². The maximum atomic E-state index is 10.7. The highest BCUT2D eigenvalue weighted by Crippen LogP contribution is 2.49. The Kier molecular flexibility index (Phi) is 12.9. The van der Waals surface area contributed by atoms with E-state index in [-0.39, 0.29) is 24.4 Å². The number of aliphatic hydroxyl groups is 2. The fourth-order valence-electron chi connectivity index (χ4n) is 8.00. The molecule has 260 valence electrons. The molecule has 9 nitrogen and oxygen atoms in total. The molecule has 7 N–H and O–H groups in total. The van der Waals surface area contributed by atoms with Gasteiger partial charge >= 0.3 is 0 Å². The summed E-state index contributed by atoms with van der Waals surface area (Å²) < 4.78 is 12.4. The molecule has 47 heavy (non-hydrogen) atoms. The van der Waals surface area contributed by atoms with E-state index in [2.05, 4.69) is 33.9 Å². The topological polar surface area (TPSA) is 135 Å². The van der Waals surface area contributed by atoms with E-state index in [1.54, 1.807) is 6.07 Å². The van der Waals surface area contributed by atoms with Gasteiger partial charge in [-0.25, -0.2) is 0 Å². The quantitative estimate of drug-likeness (QED) is 0.0990. The first-order valence-electron chi connectivity index (χ1n) is 18.0. The summed E-state index contributed by atoms with van der Waals surface area (Å²) in [5.41, 5.74) is 5.76. The van der Waals surface area contributed by atoms with E-state index < -0.39 is 6.10 Å². The predicted molar refractivity (Wildman–Crippen MR) is 186 cm³/mol. The molecule has 0 amide bonds. The summed E-state index contributed by atoms with van der Waals surface area (Å²) in [6.45, 7) is 5.77. The van der Waals surface area contributed by atoms with Crippen molar-refractivity contribution in [2.45, 2.75) is 109 Å². The van der Waals surface area contributed by atoms with Crippen LogP contribution in [0.5, 0.6) is 11.5 Å². The molecule has 2 aliphatic rings. The minimum absolute atomic E-state index is 0.00562. The molecule has 0 radical (unpaired) electrons. The van der Waals surface area contributed by atoms with E-state index in [1.165, 1.54) is 36.9 Å². The molecule has 1 saturated carbocycles. The molecule has 0 aliphatic heterocycles. The third kappa shape index (κ3) is 8.81. The standard InChI is InChI=1S/C38H58N4O5/c1-5-6-10-36-27(22-43)18-28(47-36)14-11-25-12-16-35(45)37(17-25)46-23-34(40-4)32-19-30-31(42-32)15-13-26-8-7-9-29(26)38(30)33(21-39-3)41-20-24(2)44/h12,16-19,24,26,29,33-34,38-45H,5-11,13-15,20-23H2,1-4H3/t24-,26+,29-,33-,34-,38-/m0/s1. The lowest BCUT2D eigenvalue weighted by molar-refractivity contribution is 0.175. The molecule has 1 fully saturated rings. The Morgan fingerprint density at radius 2 is 1.91 bits per heavy atom. The highest BCUT2D eigenvalue weighted by atomic mass is 16.5. The molecule has 0 unspecified atom stereocenters. The number of ether oxygens (including phenoxy) is 1. The Hall–Kier alpha value is -2.82. The van der Waals surface area contributed by atoms with Crippen molar-refractivity contribution in [2.75, 3.05) is 33.8 Å². The van der Waals surface area contributed by atoms with Crippen LogP contribution in [0.15, 0.2) is 34.7 Å². The van der Waals surface area contributed by atoms with Crippen molar-refractivity contribution in [3.05, 3.63) is 69.9 Å². The largest absolute Gasteiger partial charge is 0.504 e. The van der Waals surface area contributed by atoms with Crippen LogP contribution in [0, 0.1) is 11.8 Å². The van der Waals surface area contributed by atoms with Gasteiger partial charge in [0.25, 0.3) is 0 Å². The molecule has 1 aromatic carbocycles. The third-order valence-electron chi connectivity index (χ3n) is 10.5. The van der Waals surface area contributed by atoms with Crippen LogP contribution in [-0.4, -0.2) is 66.2 Å². The summed E-state index contributed by atoms with van der Waals surface area (Å²) in [6.07, 6.45) is 10.1. The number of aryl methyl sites for hydroxylation is 4. The van der Waals surface area contributed by atoms with Gasteiger partial charge in [-0.1, -0.05) is 32.3 Å². The van der Waals surface area contributed by atoms with Crippen molar-refractivity contribution < 1.29 is 24.5 Å². The van der Waals surface area contributed by atoms with E-state index >= 15 is 0 Å². The maximum Gasteiger partial charge on any atom is 0.161 e. The Balaban J connectivity index is 1.29. The van der Waals surface area contributed by atoms with Gasteiger partial charge in [0.15, 0.2) is 11.5 Å². The summed E-state index contributed by atoms with van der Waals surface area (Å²) >= 11 is 0. The lowest BCUT2D eigenvalue weighted by atomic mass is 9.76. The van der Waals surface area contributed by atoms with Crippen LogP contribution in [0.1, 0.15) is 104 Å². The molecular formula is C38H58N4O5. The number of hydrogen-bond donors (Lipinski definition) is 7. The number of rotatable bonds is 18. The number of nitrogens with one attached hydrogen (secondary N) is 4. The number of aromatic hydroxyl groups is 1. The molecular weight excluding hydrogens is 592 g/mol. The average molecular weight is 651 g/mol. The first-order valence-corrected chi connectivity index (χ1v) is 18.0. The zero-order valence-corrected chi connectivity index (χ0v) is 28.9. The second-order valence-corrected chi connectivity index (χ2v) is 13.9. The molecule has 0 saturated heterocycles. The van der Waals surface area contributed by atoms with Gasteiger partial charge in [0, 0.05) is 54.8 Å². The molecule has 2 aromatic heterocycles. The molecule has 2 aliphatic carbocycles. The summed E-state index contributed by atoms with van der Waals surface area (Å²) in [7, 11) is 3.96. The number of phenols is 1. The Bertz CT molecular complexity index is 1400. The number of aromatic amines is 1. The number of fused-ring (bicyclic) bond motifs is 2. The van der Waals surface area contributed by atoms with E-state index in [4.69, 9.17) is 9.15 Å². The number of furan rings is 1. The number of hydrogen-bond acceptors (Lipinski definition) is 8. The van der Waals surface area contributed by atoms with Crippen LogP contribution >= 0.6 is 0 Å². The first kappa shape index (κ1) is 35.5. The van der Waals surface area contributed by atoms with Crippen LogP contribution in [0.4, 0.5) is 0 Å². The van der Waals surface area contributed by atoms with Gasteiger partial charge in [0.1, 0.15) is 18.1 Å². The fourth-order valence-corrected chi connectivity index (χ4v) is 8.00. The lowest BCUT2D eigenvalue weighted by Crippen LogP contribution is -2.47. The van der Waals surface area contributed by atoms with Crippen molar-refractivity contribution in [3.63, 3.8) is 0 Å². The average Bonchev–Trinajstić information content (AvgIpc) is 3.79. The Morgan fingerprint density at radius 3 is 2.66 bits per heavy atom. The Labute approximate surface area is 280 Å². The Morgan fingerprint density at radius 1 is 1.06 bits per heavy atom. The number of phenolic OH excluding ortho intramolecular Hbond substituents is 1. The third-order valence-corrected chi connectivity index (χ3v) is 10.5. The maximum absolute atomic E-state index is 10.7. The van der Waals surface area contributed by atoms with Gasteiger partial charge in [-0.2, -0.15) is 0 Å².